The van der Waals surface area contributed by atoms with Crippen LogP contribution in [0.2, 0.25) is 5.02 Å². The van der Waals surface area contributed by atoms with Crippen LogP contribution >= 0.6 is 11.6 Å². The van der Waals surface area contributed by atoms with E-state index >= 15 is 0 Å². The Hall–Kier alpha value is -2.95. The number of fused-ring (bicyclic) bond motifs is 1. The number of halogens is 4. The Morgan fingerprint density at radius 3 is 2.54 bits per heavy atom. The summed E-state index contributed by atoms with van der Waals surface area (Å²) < 4.78 is 44.9. The fourth-order valence-electron chi connectivity index (χ4n) is 2.15. The van der Waals surface area contributed by atoms with Crippen molar-refractivity contribution in [2.45, 2.75) is 20.0 Å². The third kappa shape index (κ3) is 3.25. The number of nitro groups is 1. The zero-order chi connectivity index (χ0) is 19.2. The van der Waals surface area contributed by atoms with Crippen LogP contribution in [-0.2, 0) is 6.18 Å². The van der Waals surface area contributed by atoms with Crippen LogP contribution in [0, 0.1) is 24.0 Å². The first-order valence-electron chi connectivity index (χ1n) is 7.00. The minimum absolute atomic E-state index is 0.0389. The first-order chi connectivity index (χ1) is 12.1. The molecule has 0 bridgehead atoms. The van der Waals surface area contributed by atoms with Crippen molar-refractivity contribution in [1.29, 1.82) is 0 Å². The predicted molar refractivity (Wildman–Crippen MR) is 83.4 cm³/mol. The molecule has 136 valence electrons. The van der Waals surface area contributed by atoms with E-state index in [1.807, 2.05) is 0 Å². The van der Waals surface area contributed by atoms with Gasteiger partial charge in [0.1, 0.15) is 10.8 Å². The monoisotopic (exact) mass is 387 g/mol. The van der Waals surface area contributed by atoms with Crippen molar-refractivity contribution in [2.24, 2.45) is 0 Å². The maximum absolute atomic E-state index is 12.8. The van der Waals surface area contributed by atoms with Gasteiger partial charge in [0, 0.05) is 11.8 Å². The average Bonchev–Trinajstić information content (AvgIpc) is 2.93. The van der Waals surface area contributed by atoms with E-state index in [-0.39, 0.29) is 22.4 Å². The van der Waals surface area contributed by atoms with Crippen LogP contribution in [0.5, 0.6) is 11.6 Å². The lowest BCUT2D eigenvalue weighted by Crippen LogP contribution is -2.08. The highest BCUT2D eigenvalue weighted by molar-refractivity contribution is 6.32. The van der Waals surface area contributed by atoms with E-state index in [0.29, 0.717) is 11.3 Å². The van der Waals surface area contributed by atoms with Gasteiger partial charge >= 0.3 is 6.18 Å². The van der Waals surface area contributed by atoms with Gasteiger partial charge in [0.25, 0.3) is 17.3 Å². The third-order valence-corrected chi connectivity index (χ3v) is 3.62. The van der Waals surface area contributed by atoms with Gasteiger partial charge in [0.15, 0.2) is 0 Å². The normalized spacial score (nSPS) is 11.8. The molecule has 0 unspecified atom stereocenters. The zero-order valence-electron chi connectivity index (χ0n) is 13.2. The molecular formula is C14H9ClF3N5O3. The first kappa shape index (κ1) is 17.9. The Morgan fingerprint density at radius 2 is 1.92 bits per heavy atom. The van der Waals surface area contributed by atoms with Crippen molar-refractivity contribution in [2.75, 3.05) is 0 Å². The van der Waals surface area contributed by atoms with Crippen molar-refractivity contribution in [3.63, 3.8) is 0 Å². The van der Waals surface area contributed by atoms with Crippen LogP contribution in [0.4, 0.5) is 18.9 Å². The molecule has 0 spiro atoms. The second-order valence-corrected chi connectivity index (χ2v) is 5.72. The summed E-state index contributed by atoms with van der Waals surface area (Å²) in [5.41, 5.74) is 0.373. The Bertz CT molecular complexity index is 1030. The van der Waals surface area contributed by atoms with Crippen LogP contribution in [0.1, 0.15) is 17.1 Å². The van der Waals surface area contributed by atoms with Gasteiger partial charge in [-0.1, -0.05) is 11.6 Å². The van der Waals surface area contributed by atoms with Gasteiger partial charge in [0.05, 0.1) is 11.0 Å². The van der Waals surface area contributed by atoms with E-state index in [1.165, 1.54) is 19.1 Å². The second-order valence-electron chi connectivity index (χ2n) is 5.31. The molecule has 0 N–H and O–H groups in total. The summed E-state index contributed by atoms with van der Waals surface area (Å²) in [6.07, 6.45) is -4.76. The van der Waals surface area contributed by atoms with E-state index in [2.05, 4.69) is 15.1 Å². The number of rotatable bonds is 3. The van der Waals surface area contributed by atoms with Gasteiger partial charge in [0.2, 0.25) is 5.88 Å². The van der Waals surface area contributed by atoms with Crippen LogP contribution in [0.3, 0.4) is 0 Å². The lowest BCUT2D eigenvalue weighted by molar-refractivity contribution is -0.384. The maximum Gasteiger partial charge on any atom is 0.453 e. The molecule has 0 saturated carbocycles. The Balaban J connectivity index is 2.13. The molecule has 0 aliphatic rings. The molecule has 12 heteroatoms. The Kier molecular flexibility index (Phi) is 4.18. The van der Waals surface area contributed by atoms with Crippen molar-refractivity contribution in [3.05, 3.63) is 50.4 Å². The summed E-state index contributed by atoms with van der Waals surface area (Å²) in [5.74, 6) is -1.78. The zero-order valence-corrected chi connectivity index (χ0v) is 14.0. The molecule has 8 nitrogen and oxygen atoms in total. The SMILES string of the molecule is Cc1cc(Oc2cc([N+](=O)[O-])c(Cl)cc2C)n2nc(C(F)(F)F)nc2n1. The highest BCUT2D eigenvalue weighted by Crippen LogP contribution is 2.35. The lowest BCUT2D eigenvalue weighted by Gasteiger charge is -2.10. The van der Waals surface area contributed by atoms with E-state index in [0.717, 1.165) is 10.6 Å². The van der Waals surface area contributed by atoms with E-state index in [4.69, 9.17) is 16.3 Å². The number of aromatic nitrogens is 4. The summed E-state index contributed by atoms with van der Waals surface area (Å²) in [7, 11) is 0. The lowest BCUT2D eigenvalue weighted by atomic mass is 10.2. The molecule has 3 aromatic rings. The fraction of sp³-hybridized carbons (Fsp3) is 0.214. The van der Waals surface area contributed by atoms with Crippen LogP contribution < -0.4 is 4.74 Å². The van der Waals surface area contributed by atoms with Crippen LogP contribution in [-0.4, -0.2) is 24.5 Å². The highest BCUT2D eigenvalue weighted by atomic mass is 35.5. The summed E-state index contributed by atoms with van der Waals surface area (Å²) >= 11 is 5.81. The van der Waals surface area contributed by atoms with Gasteiger partial charge in [-0.25, -0.2) is 4.98 Å². The number of hydrogen-bond acceptors (Lipinski definition) is 6. The summed E-state index contributed by atoms with van der Waals surface area (Å²) in [4.78, 5) is 17.5. The van der Waals surface area contributed by atoms with E-state index < -0.39 is 22.6 Å². The average molecular weight is 388 g/mol. The van der Waals surface area contributed by atoms with Crippen LogP contribution in [0.25, 0.3) is 5.78 Å². The number of benzene rings is 1. The number of nitro benzene ring substituents is 1. The number of ether oxygens (including phenoxy) is 1. The first-order valence-corrected chi connectivity index (χ1v) is 7.38. The topological polar surface area (TPSA) is 95.5 Å². The molecule has 0 amide bonds. The molecule has 0 fully saturated rings. The molecule has 0 aliphatic carbocycles. The molecule has 3 rings (SSSR count). The van der Waals surface area contributed by atoms with E-state index in [1.54, 1.807) is 6.92 Å². The van der Waals surface area contributed by atoms with Gasteiger partial charge in [-0.3, -0.25) is 10.1 Å². The Morgan fingerprint density at radius 1 is 1.23 bits per heavy atom. The van der Waals surface area contributed by atoms with Gasteiger partial charge < -0.3 is 4.74 Å². The number of nitrogens with zero attached hydrogens (tertiary/aromatic N) is 5. The molecule has 1 aromatic carbocycles. The highest BCUT2D eigenvalue weighted by Gasteiger charge is 2.37. The number of alkyl halides is 3. The third-order valence-electron chi connectivity index (χ3n) is 3.32. The molecule has 0 aliphatic heterocycles. The molecule has 0 radical (unpaired) electrons. The van der Waals surface area contributed by atoms with Crippen molar-refractivity contribution in [1.82, 2.24) is 19.6 Å². The summed E-state index contributed by atoms with van der Waals surface area (Å²) in [6.45, 7) is 3.12. The smallest absolute Gasteiger partial charge is 0.438 e. The molecule has 2 heterocycles. The number of hydrogen-bond donors (Lipinski definition) is 0. The molecule has 0 saturated heterocycles. The quantitative estimate of drug-likeness (QED) is 0.495. The van der Waals surface area contributed by atoms with Crippen molar-refractivity contribution < 1.29 is 22.8 Å². The van der Waals surface area contributed by atoms with Gasteiger partial charge in [-0.2, -0.15) is 22.7 Å². The largest absolute Gasteiger partial charge is 0.453 e. The van der Waals surface area contributed by atoms with Crippen LogP contribution in [0.15, 0.2) is 18.2 Å². The molecular weight excluding hydrogens is 379 g/mol. The number of aryl methyl sites for hydroxylation is 2. The standard InChI is InChI=1S/C14H9ClF3N5O3/c1-6-3-8(15)9(23(24)25)5-10(6)26-11-4-7(2)19-13-20-12(14(16,17)18)21-22(11)13/h3-5H,1-2H3. The Labute approximate surface area is 148 Å². The molecule has 2 aromatic heterocycles. The fourth-order valence-corrected chi connectivity index (χ4v) is 2.44. The predicted octanol–water partition coefficient (Wildman–Crippen LogP) is 4.11. The molecule has 26 heavy (non-hydrogen) atoms. The summed E-state index contributed by atoms with van der Waals surface area (Å²) in [6, 6.07) is 3.74. The van der Waals surface area contributed by atoms with Crippen molar-refractivity contribution in [3.8, 4) is 11.6 Å². The van der Waals surface area contributed by atoms with Gasteiger partial charge in [-0.15, -0.1) is 5.10 Å². The van der Waals surface area contributed by atoms with Crippen molar-refractivity contribution >= 4 is 23.1 Å². The summed E-state index contributed by atoms with van der Waals surface area (Å²) in [5, 5.41) is 14.3. The van der Waals surface area contributed by atoms with Gasteiger partial charge in [-0.05, 0) is 25.5 Å². The van der Waals surface area contributed by atoms with E-state index in [9.17, 15) is 23.3 Å². The molecule has 0 atom stereocenters. The minimum atomic E-state index is -4.76. The maximum atomic E-state index is 12.8. The minimum Gasteiger partial charge on any atom is -0.438 e. The second kappa shape index (κ2) is 6.09.